The van der Waals surface area contributed by atoms with Crippen LogP contribution in [0.3, 0.4) is 0 Å². The van der Waals surface area contributed by atoms with E-state index in [4.69, 9.17) is 24.0 Å². The summed E-state index contributed by atoms with van der Waals surface area (Å²) in [5, 5.41) is 7.82. The van der Waals surface area contributed by atoms with E-state index in [9.17, 15) is 0 Å². The van der Waals surface area contributed by atoms with Crippen LogP contribution in [-0.2, 0) is 0 Å². The van der Waals surface area contributed by atoms with Gasteiger partial charge in [0.15, 0.2) is 17.3 Å². The van der Waals surface area contributed by atoms with E-state index in [-0.39, 0.29) is 6.04 Å². The molecule has 2 aromatic carbocycles. The number of furan rings is 1. The maximum atomic E-state index is 6.08. The van der Waals surface area contributed by atoms with E-state index < -0.39 is 0 Å². The van der Waals surface area contributed by atoms with Crippen LogP contribution in [0.2, 0.25) is 0 Å². The lowest BCUT2D eigenvalue weighted by Crippen LogP contribution is -2.14. The van der Waals surface area contributed by atoms with E-state index in [1.54, 1.807) is 13.3 Å². The quantitative estimate of drug-likeness (QED) is 0.357. The largest absolute Gasteiger partial charge is 0.493 e. The van der Waals surface area contributed by atoms with Crippen LogP contribution in [0.15, 0.2) is 68.4 Å². The molecular formula is C24H25N3O3S. The van der Waals surface area contributed by atoms with Gasteiger partial charge in [0.2, 0.25) is 4.80 Å². The van der Waals surface area contributed by atoms with Crippen molar-refractivity contribution in [1.82, 2.24) is 4.68 Å². The number of thiazole rings is 1. The average molecular weight is 436 g/mol. The number of aromatic nitrogens is 1. The average Bonchev–Trinajstić information content (AvgIpc) is 3.36. The standard InChI is InChI=1S/C24H25N3O3S/c1-5-29-21-11-10-17(12-23(21)28-4)14-25-27-19(15-31-24(27)26-16(2)3)22-13-18-8-6-7-9-20(18)30-22/h6-16H,5H2,1-4H3. The SMILES string of the molecule is CCOc1ccc(C=Nn2c(-c3cc4ccccc4o3)csc2=NC(C)C)cc1OC. The number of hydrogen-bond donors (Lipinski definition) is 0. The molecule has 0 atom stereocenters. The van der Waals surface area contributed by atoms with Crippen molar-refractivity contribution in [3.63, 3.8) is 0 Å². The molecule has 7 heteroatoms. The minimum Gasteiger partial charge on any atom is -0.493 e. The maximum Gasteiger partial charge on any atom is 0.206 e. The Bertz CT molecular complexity index is 1250. The second kappa shape index (κ2) is 9.22. The molecule has 0 N–H and O–H groups in total. The van der Waals surface area contributed by atoms with Gasteiger partial charge in [0.25, 0.3) is 0 Å². The Morgan fingerprint density at radius 1 is 1.13 bits per heavy atom. The van der Waals surface area contributed by atoms with Crippen molar-refractivity contribution in [2.45, 2.75) is 26.8 Å². The van der Waals surface area contributed by atoms with Gasteiger partial charge in [-0.1, -0.05) is 18.2 Å². The summed E-state index contributed by atoms with van der Waals surface area (Å²) in [5.41, 5.74) is 2.60. The third kappa shape index (κ3) is 4.56. The van der Waals surface area contributed by atoms with Crippen LogP contribution in [0.5, 0.6) is 11.5 Å². The minimum absolute atomic E-state index is 0.147. The van der Waals surface area contributed by atoms with Gasteiger partial charge in [-0.15, -0.1) is 11.3 Å². The highest BCUT2D eigenvalue weighted by Gasteiger charge is 2.13. The summed E-state index contributed by atoms with van der Waals surface area (Å²) in [6.07, 6.45) is 1.79. The van der Waals surface area contributed by atoms with Crippen LogP contribution < -0.4 is 14.3 Å². The molecule has 0 fully saturated rings. The lowest BCUT2D eigenvalue weighted by atomic mass is 10.2. The molecule has 0 amide bonds. The number of nitrogens with zero attached hydrogens (tertiary/aromatic N) is 3. The van der Waals surface area contributed by atoms with Crippen molar-refractivity contribution >= 4 is 28.5 Å². The Balaban J connectivity index is 1.77. The molecule has 0 saturated carbocycles. The van der Waals surface area contributed by atoms with E-state index in [1.807, 2.05) is 79.4 Å². The number of rotatable bonds is 7. The van der Waals surface area contributed by atoms with Gasteiger partial charge in [0, 0.05) is 16.8 Å². The first-order valence-corrected chi connectivity index (χ1v) is 11.1. The van der Waals surface area contributed by atoms with Crippen molar-refractivity contribution in [1.29, 1.82) is 0 Å². The Morgan fingerprint density at radius 3 is 2.71 bits per heavy atom. The van der Waals surface area contributed by atoms with Crippen LogP contribution in [0, 0.1) is 0 Å². The van der Waals surface area contributed by atoms with E-state index in [0.29, 0.717) is 18.1 Å². The van der Waals surface area contributed by atoms with Crippen molar-refractivity contribution in [2.24, 2.45) is 10.1 Å². The minimum atomic E-state index is 0.147. The van der Waals surface area contributed by atoms with Crippen molar-refractivity contribution < 1.29 is 13.9 Å². The lowest BCUT2D eigenvalue weighted by Gasteiger charge is -2.09. The fraction of sp³-hybridized carbons (Fsp3) is 0.250. The van der Waals surface area contributed by atoms with Gasteiger partial charge in [0.05, 0.1) is 19.9 Å². The first-order chi connectivity index (χ1) is 15.1. The third-order valence-electron chi connectivity index (χ3n) is 4.54. The molecule has 4 aromatic rings. The molecule has 2 aromatic heterocycles. The Kier molecular flexibility index (Phi) is 6.23. The normalized spacial score (nSPS) is 12.4. The second-order valence-electron chi connectivity index (χ2n) is 7.17. The molecule has 0 aliphatic rings. The van der Waals surface area contributed by atoms with Crippen LogP contribution in [0.1, 0.15) is 26.3 Å². The Hall–Kier alpha value is -3.32. The number of fused-ring (bicyclic) bond motifs is 1. The van der Waals surface area contributed by atoms with Gasteiger partial charge in [-0.3, -0.25) is 4.99 Å². The Morgan fingerprint density at radius 2 is 1.97 bits per heavy atom. The zero-order chi connectivity index (χ0) is 21.8. The van der Waals surface area contributed by atoms with Crippen molar-refractivity contribution in [3.05, 3.63) is 64.3 Å². The summed E-state index contributed by atoms with van der Waals surface area (Å²) < 4.78 is 19.0. The van der Waals surface area contributed by atoms with Gasteiger partial charge in [-0.25, -0.2) is 4.68 Å². The maximum absolute atomic E-state index is 6.08. The van der Waals surface area contributed by atoms with Gasteiger partial charge in [-0.2, -0.15) is 5.10 Å². The van der Waals surface area contributed by atoms with Crippen molar-refractivity contribution in [3.8, 4) is 23.0 Å². The number of ether oxygens (including phenoxy) is 2. The van der Waals surface area contributed by atoms with Gasteiger partial charge < -0.3 is 13.9 Å². The fourth-order valence-corrected chi connectivity index (χ4v) is 4.11. The van der Waals surface area contributed by atoms with Crippen molar-refractivity contribution in [2.75, 3.05) is 13.7 Å². The summed E-state index contributed by atoms with van der Waals surface area (Å²) >= 11 is 1.54. The van der Waals surface area contributed by atoms with Gasteiger partial charge in [-0.05, 0) is 56.7 Å². The molecule has 0 bridgehead atoms. The molecule has 0 saturated heterocycles. The topological polar surface area (TPSA) is 61.2 Å². The summed E-state index contributed by atoms with van der Waals surface area (Å²) in [5.74, 6) is 2.14. The molecule has 160 valence electrons. The molecule has 0 spiro atoms. The van der Waals surface area contributed by atoms with Crippen LogP contribution in [0.4, 0.5) is 0 Å². The van der Waals surface area contributed by atoms with E-state index in [2.05, 4.69) is 0 Å². The fourth-order valence-electron chi connectivity index (χ4n) is 3.16. The lowest BCUT2D eigenvalue weighted by molar-refractivity contribution is 0.311. The van der Waals surface area contributed by atoms with Gasteiger partial charge in [0.1, 0.15) is 11.3 Å². The smallest absolute Gasteiger partial charge is 0.206 e. The summed E-state index contributed by atoms with van der Waals surface area (Å²) in [6, 6.07) is 15.9. The first-order valence-electron chi connectivity index (χ1n) is 10.2. The molecular weight excluding hydrogens is 410 g/mol. The van der Waals surface area contributed by atoms with Gasteiger partial charge >= 0.3 is 0 Å². The molecule has 31 heavy (non-hydrogen) atoms. The predicted molar refractivity (Wildman–Crippen MR) is 125 cm³/mol. The highest BCUT2D eigenvalue weighted by Crippen LogP contribution is 2.29. The monoisotopic (exact) mass is 435 g/mol. The number of hydrogen-bond acceptors (Lipinski definition) is 6. The van der Waals surface area contributed by atoms with E-state index in [1.165, 1.54) is 11.3 Å². The molecule has 0 aliphatic heterocycles. The second-order valence-corrected chi connectivity index (χ2v) is 8.01. The molecule has 0 unspecified atom stereocenters. The van der Waals surface area contributed by atoms with Crippen LogP contribution in [0.25, 0.3) is 22.4 Å². The van der Waals surface area contributed by atoms with Crippen LogP contribution >= 0.6 is 11.3 Å². The third-order valence-corrected chi connectivity index (χ3v) is 5.37. The number of para-hydroxylation sites is 1. The van der Waals surface area contributed by atoms with E-state index >= 15 is 0 Å². The van der Waals surface area contributed by atoms with E-state index in [0.717, 1.165) is 32.8 Å². The van der Waals surface area contributed by atoms with Crippen LogP contribution in [-0.4, -0.2) is 30.6 Å². The molecule has 0 aliphatic carbocycles. The first kappa shape index (κ1) is 20.9. The molecule has 0 radical (unpaired) electrons. The highest BCUT2D eigenvalue weighted by atomic mass is 32.1. The Labute approximate surface area is 185 Å². The summed E-state index contributed by atoms with van der Waals surface area (Å²) in [6.45, 7) is 6.62. The zero-order valence-corrected chi connectivity index (χ0v) is 18.8. The zero-order valence-electron chi connectivity index (χ0n) is 18.0. The molecule has 4 rings (SSSR count). The summed E-state index contributed by atoms with van der Waals surface area (Å²) in [4.78, 5) is 5.53. The summed E-state index contributed by atoms with van der Waals surface area (Å²) in [7, 11) is 1.63. The molecule has 2 heterocycles. The number of benzene rings is 2. The molecule has 6 nitrogen and oxygen atoms in total. The predicted octanol–water partition coefficient (Wildman–Crippen LogP) is 5.56. The number of methoxy groups -OCH3 is 1. The highest BCUT2D eigenvalue weighted by molar-refractivity contribution is 7.07.